The van der Waals surface area contributed by atoms with Gasteiger partial charge < -0.3 is 19.7 Å². The molecule has 4 heterocycles. The fourth-order valence-corrected chi connectivity index (χ4v) is 9.37. The maximum absolute atomic E-state index is 13.8. The van der Waals surface area contributed by atoms with E-state index in [1.807, 2.05) is 13.8 Å². The molecule has 4 aliphatic rings. The molecule has 1 saturated carbocycles. The topological polar surface area (TPSA) is 187 Å². The fraction of sp³-hybridized carbons (Fsp3) is 0.476. The third-order valence-electron chi connectivity index (χ3n) is 11.9. The van der Waals surface area contributed by atoms with Crippen molar-refractivity contribution in [2.45, 2.75) is 79.0 Å². The lowest BCUT2D eigenvalue weighted by Gasteiger charge is -2.63. The molecule has 58 heavy (non-hydrogen) atoms. The van der Waals surface area contributed by atoms with Crippen LogP contribution in [0.3, 0.4) is 0 Å². The molecule has 2 saturated heterocycles. The van der Waals surface area contributed by atoms with Gasteiger partial charge in [0, 0.05) is 62.1 Å². The van der Waals surface area contributed by atoms with Gasteiger partial charge in [-0.1, -0.05) is 39.3 Å². The number of ether oxygens (including phenoxy) is 2. The number of fused-ring (bicyclic) bond motifs is 1. The summed E-state index contributed by atoms with van der Waals surface area (Å²) in [5.41, 5.74) is 1.62. The summed E-state index contributed by atoms with van der Waals surface area (Å²) >= 11 is 6.25. The summed E-state index contributed by atoms with van der Waals surface area (Å²) in [7, 11) is 0. The van der Waals surface area contributed by atoms with Crippen LogP contribution < -0.4 is 25.0 Å². The van der Waals surface area contributed by atoms with E-state index in [1.165, 1.54) is 6.07 Å². The second-order valence-electron chi connectivity index (χ2n) is 16.6. The maximum atomic E-state index is 13.8. The van der Waals surface area contributed by atoms with E-state index in [2.05, 4.69) is 54.2 Å². The number of aromatic nitrogens is 2. The van der Waals surface area contributed by atoms with Crippen molar-refractivity contribution in [2.24, 2.45) is 10.8 Å². The minimum Gasteiger partial charge on any atom is -0.494 e. The SMILES string of the molecule is Cc1nc(N2CCN(CCCOc3ccc4c(c3)C(=O)N(C3CCC(=O)NC3=O)C4=O)CC2)nc(C)c1C(=O)NC1C(C)(C)C(Oc2ccc(C#N)c(Cl)c2)C1(C)C. The minimum absolute atomic E-state index is 0.0614. The van der Waals surface area contributed by atoms with Gasteiger partial charge in [0.25, 0.3) is 17.7 Å². The Morgan fingerprint density at radius 1 is 0.948 bits per heavy atom. The summed E-state index contributed by atoms with van der Waals surface area (Å²) in [4.78, 5) is 78.8. The van der Waals surface area contributed by atoms with Crippen molar-refractivity contribution in [3.63, 3.8) is 0 Å². The summed E-state index contributed by atoms with van der Waals surface area (Å²) < 4.78 is 12.3. The molecule has 0 radical (unpaired) electrons. The first kappa shape index (κ1) is 40.6. The molecule has 0 spiro atoms. The summed E-state index contributed by atoms with van der Waals surface area (Å²) in [6, 6.07) is 10.6. The number of rotatable bonds is 11. The summed E-state index contributed by atoms with van der Waals surface area (Å²) in [5, 5.41) is 15.0. The standard InChI is InChI=1S/C42H47ClN8O7/c1-23-33(35(54)48-38-41(3,4)39(42(38,5)6)58-27-9-8-25(22-44)30(43)21-27)24(2)46-40(45-23)50-17-15-49(16-18-50)14-7-19-57-26-10-11-28-29(20-26)37(56)51(36(28)55)31-12-13-32(52)47-34(31)53/h8-11,20-21,31,38-39H,7,12-19H2,1-6H3,(H,48,54)(H,47,52,53). The van der Waals surface area contributed by atoms with Crippen LogP contribution in [0.15, 0.2) is 36.4 Å². The van der Waals surface area contributed by atoms with Crippen LogP contribution in [0.4, 0.5) is 5.95 Å². The first-order chi connectivity index (χ1) is 27.5. The van der Waals surface area contributed by atoms with Crippen molar-refractivity contribution in [3.8, 4) is 17.6 Å². The molecule has 2 N–H and O–H groups in total. The maximum Gasteiger partial charge on any atom is 0.262 e. The van der Waals surface area contributed by atoms with Gasteiger partial charge in [-0.05, 0) is 57.0 Å². The number of anilines is 1. The molecule has 3 aliphatic heterocycles. The Bertz CT molecular complexity index is 2210. The molecule has 304 valence electrons. The lowest BCUT2D eigenvalue weighted by atomic mass is 9.49. The highest BCUT2D eigenvalue weighted by atomic mass is 35.5. The number of nitriles is 1. The van der Waals surface area contributed by atoms with Crippen LogP contribution in [0, 0.1) is 36.0 Å². The van der Waals surface area contributed by atoms with Crippen molar-refractivity contribution in [1.29, 1.82) is 5.26 Å². The number of amides is 5. The highest BCUT2D eigenvalue weighted by Gasteiger charge is 2.64. The number of halogens is 1. The van der Waals surface area contributed by atoms with Crippen LogP contribution in [-0.2, 0) is 9.59 Å². The molecule has 1 atom stereocenters. The second-order valence-corrected chi connectivity index (χ2v) is 17.0. The molecule has 5 amide bonds. The van der Waals surface area contributed by atoms with E-state index in [0.29, 0.717) is 64.7 Å². The van der Waals surface area contributed by atoms with Crippen LogP contribution in [0.1, 0.15) is 95.0 Å². The molecular weight excluding hydrogens is 764 g/mol. The van der Waals surface area contributed by atoms with Crippen LogP contribution in [0.5, 0.6) is 11.5 Å². The van der Waals surface area contributed by atoms with Crippen molar-refractivity contribution < 1.29 is 33.4 Å². The van der Waals surface area contributed by atoms with E-state index in [0.717, 1.165) is 31.0 Å². The van der Waals surface area contributed by atoms with Crippen molar-refractivity contribution in [1.82, 2.24) is 30.4 Å². The van der Waals surface area contributed by atoms with Gasteiger partial charge in [0.2, 0.25) is 17.8 Å². The smallest absolute Gasteiger partial charge is 0.262 e. The Balaban J connectivity index is 0.882. The van der Waals surface area contributed by atoms with Crippen molar-refractivity contribution in [3.05, 3.63) is 75.1 Å². The van der Waals surface area contributed by atoms with E-state index < -0.39 is 40.5 Å². The van der Waals surface area contributed by atoms with Crippen molar-refractivity contribution >= 4 is 47.1 Å². The molecule has 1 aromatic heterocycles. The Morgan fingerprint density at radius 2 is 1.60 bits per heavy atom. The van der Waals surface area contributed by atoms with Crippen LogP contribution in [0.2, 0.25) is 5.02 Å². The van der Waals surface area contributed by atoms with Gasteiger partial charge >= 0.3 is 0 Å². The Morgan fingerprint density at radius 3 is 2.24 bits per heavy atom. The molecule has 3 fully saturated rings. The predicted octanol–water partition coefficient (Wildman–Crippen LogP) is 4.22. The number of carbonyl (C=O) groups excluding carboxylic acids is 5. The zero-order chi connectivity index (χ0) is 41.7. The molecule has 1 aliphatic carbocycles. The van der Waals surface area contributed by atoms with Gasteiger partial charge in [0.1, 0.15) is 29.7 Å². The van der Waals surface area contributed by atoms with Gasteiger partial charge in [-0.2, -0.15) is 5.26 Å². The first-order valence-corrected chi connectivity index (χ1v) is 19.9. The lowest BCUT2D eigenvalue weighted by Crippen LogP contribution is -2.74. The predicted molar refractivity (Wildman–Crippen MR) is 213 cm³/mol. The first-order valence-electron chi connectivity index (χ1n) is 19.5. The normalized spacial score (nSPS) is 22.5. The summed E-state index contributed by atoms with van der Waals surface area (Å²) in [5.74, 6) is -0.795. The number of carbonyl (C=O) groups is 5. The Hall–Kier alpha value is -5.59. The van der Waals surface area contributed by atoms with E-state index in [9.17, 15) is 29.2 Å². The third-order valence-corrected chi connectivity index (χ3v) is 12.2. The number of benzene rings is 2. The number of hydrogen-bond donors (Lipinski definition) is 2. The number of nitrogens with zero attached hydrogens (tertiary/aromatic N) is 6. The second kappa shape index (κ2) is 15.6. The summed E-state index contributed by atoms with van der Waals surface area (Å²) in [6.45, 7) is 16.1. The van der Waals surface area contributed by atoms with Crippen LogP contribution in [-0.4, -0.2) is 107 Å². The average molecular weight is 811 g/mol. The number of aryl methyl sites for hydroxylation is 2. The summed E-state index contributed by atoms with van der Waals surface area (Å²) in [6.07, 6.45) is 0.664. The van der Waals surface area contributed by atoms with Gasteiger partial charge in [-0.3, -0.25) is 39.1 Å². The fourth-order valence-electron chi connectivity index (χ4n) is 9.16. The molecule has 3 aromatic rings. The lowest BCUT2D eigenvalue weighted by molar-refractivity contribution is -0.164. The van der Waals surface area contributed by atoms with Gasteiger partial charge in [-0.25, -0.2) is 9.97 Å². The van der Waals surface area contributed by atoms with Gasteiger partial charge in [0.05, 0.1) is 45.3 Å². The number of hydrogen-bond acceptors (Lipinski definition) is 12. The average Bonchev–Trinajstić information content (AvgIpc) is 3.42. The van der Waals surface area contributed by atoms with Crippen LogP contribution >= 0.6 is 11.6 Å². The van der Waals surface area contributed by atoms with Gasteiger partial charge in [-0.15, -0.1) is 0 Å². The van der Waals surface area contributed by atoms with E-state index in [4.69, 9.17) is 31.0 Å². The van der Waals surface area contributed by atoms with E-state index in [-0.39, 0.29) is 42.0 Å². The molecule has 16 heteroatoms. The Labute approximate surface area is 342 Å². The molecule has 15 nitrogen and oxygen atoms in total. The number of piperazine rings is 1. The van der Waals surface area contributed by atoms with Crippen LogP contribution in [0.25, 0.3) is 0 Å². The van der Waals surface area contributed by atoms with Crippen molar-refractivity contribution in [2.75, 3.05) is 44.2 Å². The highest BCUT2D eigenvalue weighted by molar-refractivity contribution is 6.31. The molecule has 1 unspecified atom stereocenters. The molecule has 2 aromatic carbocycles. The zero-order valence-corrected chi connectivity index (χ0v) is 34.2. The van der Waals surface area contributed by atoms with E-state index >= 15 is 0 Å². The molecule has 0 bridgehead atoms. The number of nitrogens with one attached hydrogen (secondary N) is 2. The third kappa shape index (κ3) is 7.46. The number of imide groups is 2. The monoisotopic (exact) mass is 810 g/mol. The molecule has 7 rings (SSSR count). The minimum atomic E-state index is -1.02. The van der Waals surface area contributed by atoms with Gasteiger partial charge in [0.15, 0.2) is 0 Å². The quantitative estimate of drug-likeness (QED) is 0.208. The molecular formula is C42H47ClN8O7. The van der Waals surface area contributed by atoms with E-state index in [1.54, 1.807) is 30.3 Å². The Kier molecular flexibility index (Phi) is 10.9. The number of piperidine rings is 1. The largest absolute Gasteiger partial charge is 0.494 e. The zero-order valence-electron chi connectivity index (χ0n) is 33.5. The highest BCUT2D eigenvalue weighted by Crippen LogP contribution is 2.55.